The molecule has 11 heavy (non-hydrogen) atoms. The first-order chi connectivity index (χ1) is 5.06. The molecular weight excluding hydrogens is 136 g/mol. The normalized spacial score (nSPS) is 14.5. The molecular formula is C10H21O. The molecule has 0 amide bonds. The summed E-state index contributed by atoms with van der Waals surface area (Å²) >= 11 is 0. The molecule has 0 saturated heterocycles. The van der Waals surface area contributed by atoms with Gasteiger partial charge in [-0.1, -0.05) is 20.8 Å². The second-order valence-corrected chi connectivity index (χ2v) is 3.73. The van der Waals surface area contributed by atoms with Crippen LogP contribution in [0.4, 0.5) is 0 Å². The van der Waals surface area contributed by atoms with Gasteiger partial charge in [-0.2, -0.15) is 0 Å². The van der Waals surface area contributed by atoms with Crippen LogP contribution in [0.3, 0.4) is 0 Å². The average Bonchev–Trinajstić information content (AvgIpc) is 1.84. The van der Waals surface area contributed by atoms with Crippen molar-refractivity contribution in [1.82, 2.24) is 0 Å². The number of ether oxygens (including phenoxy) is 1. The molecule has 0 fully saturated rings. The number of rotatable bonds is 5. The maximum atomic E-state index is 5.65. The standard InChI is InChI=1S/C10H21O/c1-6-10(7-8(2)3)11-9(4)5/h8-10H,1,6-7H2,2-5H3. The molecule has 0 bridgehead atoms. The van der Waals surface area contributed by atoms with Crippen molar-refractivity contribution in [3.05, 3.63) is 6.92 Å². The van der Waals surface area contributed by atoms with Gasteiger partial charge < -0.3 is 4.74 Å². The van der Waals surface area contributed by atoms with Crippen molar-refractivity contribution in [2.24, 2.45) is 5.92 Å². The Morgan fingerprint density at radius 1 is 1.18 bits per heavy atom. The molecule has 0 aromatic carbocycles. The summed E-state index contributed by atoms with van der Waals surface area (Å²) in [5.74, 6) is 0.709. The maximum absolute atomic E-state index is 5.65. The summed E-state index contributed by atoms with van der Waals surface area (Å²) < 4.78 is 5.65. The lowest BCUT2D eigenvalue weighted by atomic mass is 10.0. The van der Waals surface area contributed by atoms with Crippen LogP contribution in [-0.2, 0) is 4.74 Å². The molecule has 67 valence electrons. The smallest absolute Gasteiger partial charge is 0.0581 e. The summed E-state index contributed by atoms with van der Waals surface area (Å²) in [6.07, 6.45) is 2.70. The van der Waals surface area contributed by atoms with E-state index >= 15 is 0 Å². The van der Waals surface area contributed by atoms with Crippen molar-refractivity contribution in [3.8, 4) is 0 Å². The van der Waals surface area contributed by atoms with E-state index in [0.717, 1.165) is 12.8 Å². The zero-order valence-electron chi connectivity index (χ0n) is 8.26. The zero-order valence-corrected chi connectivity index (χ0v) is 8.26. The topological polar surface area (TPSA) is 9.23 Å². The average molecular weight is 157 g/mol. The van der Waals surface area contributed by atoms with E-state index in [1.807, 2.05) is 0 Å². The second kappa shape index (κ2) is 5.59. The fourth-order valence-corrected chi connectivity index (χ4v) is 1.15. The van der Waals surface area contributed by atoms with Gasteiger partial charge in [-0.05, 0) is 32.6 Å². The van der Waals surface area contributed by atoms with E-state index in [1.54, 1.807) is 0 Å². The van der Waals surface area contributed by atoms with Gasteiger partial charge in [0.15, 0.2) is 0 Å². The van der Waals surface area contributed by atoms with E-state index in [-0.39, 0.29) is 0 Å². The van der Waals surface area contributed by atoms with Gasteiger partial charge in [-0.25, -0.2) is 0 Å². The third-order valence-electron chi connectivity index (χ3n) is 1.52. The van der Waals surface area contributed by atoms with E-state index in [2.05, 4.69) is 34.6 Å². The first-order valence-electron chi connectivity index (χ1n) is 4.51. The van der Waals surface area contributed by atoms with E-state index in [1.165, 1.54) is 0 Å². The fraction of sp³-hybridized carbons (Fsp3) is 0.900. The number of hydrogen-bond donors (Lipinski definition) is 0. The van der Waals surface area contributed by atoms with Gasteiger partial charge in [0.2, 0.25) is 0 Å². The Labute approximate surface area is 71.1 Å². The van der Waals surface area contributed by atoms with Crippen molar-refractivity contribution in [2.45, 2.75) is 52.7 Å². The van der Waals surface area contributed by atoms with Gasteiger partial charge in [0.05, 0.1) is 12.2 Å². The molecule has 0 heterocycles. The lowest BCUT2D eigenvalue weighted by Crippen LogP contribution is -2.18. The Morgan fingerprint density at radius 3 is 2.00 bits per heavy atom. The van der Waals surface area contributed by atoms with Crippen molar-refractivity contribution < 1.29 is 4.74 Å². The molecule has 0 aliphatic rings. The van der Waals surface area contributed by atoms with Gasteiger partial charge >= 0.3 is 0 Å². The third-order valence-corrected chi connectivity index (χ3v) is 1.52. The highest BCUT2D eigenvalue weighted by atomic mass is 16.5. The molecule has 1 unspecified atom stereocenters. The van der Waals surface area contributed by atoms with Crippen LogP contribution in [0.15, 0.2) is 0 Å². The molecule has 0 aliphatic carbocycles. The predicted octanol–water partition coefficient (Wildman–Crippen LogP) is 3.05. The van der Waals surface area contributed by atoms with Crippen LogP contribution >= 0.6 is 0 Å². The summed E-state index contributed by atoms with van der Waals surface area (Å²) in [6.45, 7) is 12.4. The van der Waals surface area contributed by atoms with Crippen molar-refractivity contribution in [3.63, 3.8) is 0 Å². The molecule has 0 aromatic heterocycles. The summed E-state index contributed by atoms with van der Waals surface area (Å²) in [6, 6.07) is 0. The zero-order chi connectivity index (χ0) is 8.85. The molecule has 0 aliphatic heterocycles. The van der Waals surface area contributed by atoms with Gasteiger partial charge in [-0.15, -0.1) is 0 Å². The lowest BCUT2D eigenvalue weighted by molar-refractivity contribution is -0.00160. The van der Waals surface area contributed by atoms with Crippen LogP contribution in [-0.4, -0.2) is 12.2 Å². The Kier molecular flexibility index (Phi) is 5.57. The van der Waals surface area contributed by atoms with E-state index in [0.29, 0.717) is 18.1 Å². The predicted molar refractivity (Wildman–Crippen MR) is 49.4 cm³/mol. The van der Waals surface area contributed by atoms with Crippen LogP contribution < -0.4 is 0 Å². The van der Waals surface area contributed by atoms with Crippen molar-refractivity contribution in [1.29, 1.82) is 0 Å². The molecule has 1 radical (unpaired) electrons. The largest absolute Gasteiger partial charge is 0.376 e. The fourth-order valence-electron chi connectivity index (χ4n) is 1.15. The van der Waals surface area contributed by atoms with Crippen LogP contribution in [0.1, 0.15) is 40.5 Å². The van der Waals surface area contributed by atoms with E-state index in [9.17, 15) is 0 Å². The molecule has 0 aromatic rings. The molecule has 1 atom stereocenters. The van der Waals surface area contributed by atoms with E-state index < -0.39 is 0 Å². The first kappa shape index (κ1) is 11.0. The van der Waals surface area contributed by atoms with Gasteiger partial charge in [0.25, 0.3) is 0 Å². The Balaban J connectivity index is 3.58. The van der Waals surface area contributed by atoms with Crippen molar-refractivity contribution >= 4 is 0 Å². The third kappa shape index (κ3) is 6.36. The Bertz CT molecular complexity index is 76.9. The van der Waals surface area contributed by atoms with Gasteiger partial charge in [0.1, 0.15) is 0 Å². The highest BCUT2D eigenvalue weighted by Crippen LogP contribution is 2.12. The molecule has 0 spiro atoms. The summed E-state index contributed by atoms with van der Waals surface area (Å²) in [7, 11) is 0. The first-order valence-corrected chi connectivity index (χ1v) is 4.51. The molecule has 0 N–H and O–H groups in total. The van der Waals surface area contributed by atoms with Crippen molar-refractivity contribution in [2.75, 3.05) is 0 Å². The van der Waals surface area contributed by atoms with Crippen LogP contribution in [0, 0.1) is 12.8 Å². The summed E-state index contributed by atoms with van der Waals surface area (Å²) in [4.78, 5) is 0. The van der Waals surface area contributed by atoms with Gasteiger partial charge in [0, 0.05) is 0 Å². The van der Waals surface area contributed by atoms with E-state index in [4.69, 9.17) is 4.74 Å². The quantitative estimate of drug-likeness (QED) is 0.596. The molecule has 0 rings (SSSR count). The minimum absolute atomic E-state index is 0.334. The molecule has 1 heteroatoms. The molecule has 1 nitrogen and oxygen atoms in total. The van der Waals surface area contributed by atoms with Crippen LogP contribution in [0.5, 0.6) is 0 Å². The van der Waals surface area contributed by atoms with Gasteiger partial charge in [-0.3, -0.25) is 0 Å². The van der Waals surface area contributed by atoms with Crippen LogP contribution in [0.2, 0.25) is 0 Å². The summed E-state index contributed by atoms with van der Waals surface area (Å²) in [5, 5.41) is 0. The molecule has 0 saturated carbocycles. The maximum Gasteiger partial charge on any atom is 0.0581 e. The lowest BCUT2D eigenvalue weighted by Gasteiger charge is -2.20. The highest BCUT2D eigenvalue weighted by molar-refractivity contribution is 4.62. The Hall–Kier alpha value is -0.0400. The minimum Gasteiger partial charge on any atom is -0.376 e. The minimum atomic E-state index is 0.334. The second-order valence-electron chi connectivity index (χ2n) is 3.73. The number of hydrogen-bond acceptors (Lipinski definition) is 1. The SMILES string of the molecule is [CH2]CC(CC(C)C)OC(C)C. The highest BCUT2D eigenvalue weighted by Gasteiger charge is 2.09. The monoisotopic (exact) mass is 157 g/mol. The summed E-state index contributed by atoms with van der Waals surface area (Å²) in [5.41, 5.74) is 0. The Morgan fingerprint density at radius 2 is 1.73 bits per heavy atom. The van der Waals surface area contributed by atoms with Crippen LogP contribution in [0.25, 0.3) is 0 Å².